The number of amides is 1. The first-order valence-electron chi connectivity index (χ1n) is 10.4. The highest BCUT2D eigenvalue weighted by Crippen LogP contribution is 2.24. The number of rotatable bonds is 5. The van der Waals surface area contributed by atoms with Crippen LogP contribution in [0.25, 0.3) is 10.9 Å². The zero-order valence-corrected chi connectivity index (χ0v) is 18.4. The number of carbonyl (C=O) groups excluding carboxylic acids is 1. The summed E-state index contributed by atoms with van der Waals surface area (Å²) >= 11 is 0. The Morgan fingerprint density at radius 1 is 1.06 bits per heavy atom. The molecular formula is C22H24N4O5S. The number of anilines is 1. The van der Waals surface area contributed by atoms with Crippen LogP contribution >= 0.6 is 0 Å². The molecule has 0 radical (unpaired) electrons. The third kappa shape index (κ3) is 4.37. The Morgan fingerprint density at radius 2 is 1.72 bits per heavy atom. The van der Waals surface area contributed by atoms with Gasteiger partial charge in [-0.25, -0.2) is 13.2 Å². The van der Waals surface area contributed by atoms with Crippen molar-refractivity contribution in [2.45, 2.75) is 31.2 Å². The lowest BCUT2D eigenvalue weighted by atomic mass is 10.0. The molecule has 0 spiro atoms. The average molecular weight is 457 g/mol. The van der Waals surface area contributed by atoms with Gasteiger partial charge in [-0.05, 0) is 55.2 Å². The Morgan fingerprint density at radius 3 is 2.41 bits per heavy atom. The highest BCUT2D eigenvalue weighted by molar-refractivity contribution is 7.89. The van der Waals surface area contributed by atoms with Crippen molar-refractivity contribution in [3.63, 3.8) is 0 Å². The average Bonchev–Trinajstić information content (AvgIpc) is 2.77. The second-order valence-corrected chi connectivity index (χ2v) is 9.96. The Hall–Kier alpha value is -3.24. The van der Waals surface area contributed by atoms with Crippen LogP contribution in [0.2, 0.25) is 0 Å². The highest BCUT2D eigenvalue weighted by Gasteiger charge is 2.27. The smallest absolute Gasteiger partial charge is 0.325 e. The summed E-state index contributed by atoms with van der Waals surface area (Å²) in [5.74, 6) is -0.0603. The molecule has 0 unspecified atom stereocenters. The molecule has 0 bridgehead atoms. The van der Waals surface area contributed by atoms with Crippen LogP contribution in [-0.2, 0) is 21.4 Å². The zero-order chi connectivity index (χ0) is 22.9. The molecule has 168 valence electrons. The summed E-state index contributed by atoms with van der Waals surface area (Å²) in [6.07, 6.45) is 1.67. The number of carbonyl (C=O) groups is 1. The third-order valence-corrected chi connectivity index (χ3v) is 7.62. The maximum absolute atomic E-state index is 12.8. The van der Waals surface area contributed by atoms with Gasteiger partial charge in [0.25, 0.3) is 5.56 Å². The molecule has 1 fully saturated rings. The van der Waals surface area contributed by atoms with E-state index in [-0.39, 0.29) is 4.90 Å². The van der Waals surface area contributed by atoms with E-state index in [2.05, 4.69) is 17.2 Å². The number of fused-ring (bicyclic) bond motifs is 1. The number of piperidine rings is 1. The fourth-order valence-corrected chi connectivity index (χ4v) is 5.24. The standard InChI is InChI=1S/C22H24N4O5S/c1-15-10-12-25(13-11-15)32(30,31)17-8-6-16(7-9-17)23-20(27)14-26-21(28)18-4-2-3-5-19(18)24-22(26)29/h2-9,15H,10-14H2,1H3,(H,23,27)(H,24,29). The van der Waals surface area contributed by atoms with Gasteiger partial charge >= 0.3 is 5.69 Å². The van der Waals surface area contributed by atoms with Gasteiger partial charge in [0.2, 0.25) is 15.9 Å². The van der Waals surface area contributed by atoms with E-state index in [0.717, 1.165) is 17.4 Å². The molecule has 4 rings (SSSR count). The van der Waals surface area contributed by atoms with Crippen LogP contribution < -0.4 is 16.6 Å². The predicted molar refractivity (Wildman–Crippen MR) is 121 cm³/mol. The van der Waals surface area contributed by atoms with E-state index in [1.807, 2.05) is 0 Å². The molecule has 1 aliphatic heterocycles. The van der Waals surface area contributed by atoms with Gasteiger partial charge in [0.05, 0.1) is 15.8 Å². The lowest BCUT2D eigenvalue weighted by Crippen LogP contribution is -2.38. The molecule has 9 nitrogen and oxygen atoms in total. The van der Waals surface area contributed by atoms with E-state index >= 15 is 0 Å². The second-order valence-electron chi connectivity index (χ2n) is 8.03. The summed E-state index contributed by atoms with van der Waals surface area (Å²) in [5.41, 5.74) is -0.469. The minimum atomic E-state index is -3.58. The van der Waals surface area contributed by atoms with Gasteiger partial charge in [0, 0.05) is 18.8 Å². The second kappa shape index (κ2) is 8.71. The number of sulfonamides is 1. The van der Waals surface area contributed by atoms with E-state index in [4.69, 9.17) is 0 Å². The molecule has 1 aliphatic rings. The van der Waals surface area contributed by atoms with Crippen LogP contribution in [0.15, 0.2) is 63.0 Å². The van der Waals surface area contributed by atoms with Crippen molar-refractivity contribution in [1.82, 2.24) is 13.9 Å². The molecule has 32 heavy (non-hydrogen) atoms. The summed E-state index contributed by atoms with van der Waals surface area (Å²) in [4.78, 5) is 40.0. The Bertz CT molecular complexity index is 1370. The number of nitrogens with one attached hydrogen (secondary N) is 2. The number of hydrogen-bond acceptors (Lipinski definition) is 5. The fraction of sp³-hybridized carbons (Fsp3) is 0.318. The Labute approximate surface area is 184 Å². The van der Waals surface area contributed by atoms with Gasteiger partial charge in [0.15, 0.2) is 0 Å². The van der Waals surface area contributed by atoms with Crippen molar-refractivity contribution in [2.75, 3.05) is 18.4 Å². The molecule has 2 aromatic carbocycles. The zero-order valence-electron chi connectivity index (χ0n) is 17.6. The van der Waals surface area contributed by atoms with Crippen molar-refractivity contribution in [3.05, 3.63) is 69.4 Å². The number of benzene rings is 2. The minimum Gasteiger partial charge on any atom is -0.325 e. The molecule has 2 heterocycles. The summed E-state index contributed by atoms with van der Waals surface area (Å²) in [5, 5.41) is 2.90. The predicted octanol–water partition coefficient (Wildman–Crippen LogP) is 1.75. The van der Waals surface area contributed by atoms with Crippen molar-refractivity contribution >= 4 is 32.5 Å². The van der Waals surface area contributed by atoms with E-state index in [0.29, 0.717) is 35.6 Å². The van der Waals surface area contributed by atoms with E-state index in [1.165, 1.54) is 28.6 Å². The lowest BCUT2D eigenvalue weighted by molar-refractivity contribution is -0.116. The molecule has 2 N–H and O–H groups in total. The molecule has 1 amide bonds. The van der Waals surface area contributed by atoms with Crippen LogP contribution in [0.1, 0.15) is 19.8 Å². The summed E-state index contributed by atoms with van der Waals surface area (Å²) in [6.45, 7) is 2.64. The van der Waals surface area contributed by atoms with Crippen molar-refractivity contribution in [2.24, 2.45) is 5.92 Å². The normalized spacial score (nSPS) is 15.7. The Balaban J connectivity index is 1.47. The molecule has 1 saturated heterocycles. The van der Waals surface area contributed by atoms with Crippen LogP contribution in [0, 0.1) is 5.92 Å². The first kappa shape index (κ1) is 22.0. The quantitative estimate of drug-likeness (QED) is 0.606. The first-order chi connectivity index (χ1) is 15.3. The highest BCUT2D eigenvalue weighted by atomic mass is 32.2. The number of para-hydroxylation sites is 1. The Kier molecular flexibility index (Phi) is 5.98. The van der Waals surface area contributed by atoms with Gasteiger partial charge in [0.1, 0.15) is 6.54 Å². The first-order valence-corrected chi connectivity index (χ1v) is 11.8. The molecule has 0 aliphatic carbocycles. The van der Waals surface area contributed by atoms with Gasteiger partial charge in [-0.2, -0.15) is 4.31 Å². The lowest BCUT2D eigenvalue weighted by Gasteiger charge is -2.29. The number of nitrogens with zero attached hydrogens (tertiary/aromatic N) is 2. The topological polar surface area (TPSA) is 121 Å². The fourth-order valence-electron chi connectivity index (χ4n) is 3.77. The van der Waals surface area contributed by atoms with Crippen LogP contribution in [-0.4, -0.2) is 41.3 Å². The van der Waals surface area contributed by atoms with Crippen molar-refractivity contribution in [3.8, 4) is 0 Å². The van der Waals surface area contributed by atoms with Gasteiger partial charge < -0.3 is 10.3 Å². The van der Waals surface area contributed by atoms with Crippen LogP contribution in [0.3, 0.4) is 0 Å². The molecule has 10 heteroatoms. The van der Waals surface area contributed by atoms with Crippen molar-refractivity contribution in [1.29, 1.82) is 0 Å². The van der Waals surface area contributed by atoms with E-state index < -0.39 is 33.7 Å². The molecule has 3 aromatic rings. The molecule has 0 saturated carbocycles. The van der Waals surface area contributed by atoms with Crippen LogP contribution in [0.5, 0.6) is 0 Å². The SMILES string of the molecule is CC1CCN(S(=O)(=O)c2ccc(NC(=O)Cn3c(=O)[nH]c4ccccc4c3=O)cc2)CC1. The number of hydrogen-bond donors (Lipinski definition) is 2. The number of aromatic nitrogens is 2. The number of aromatic amines is 1. The maximum Gasteiger partial charge on any atom is 0.329 e. The summed E-state index contributed by atoms with van der Waals surface area (Å²) < 4.78 is 27.9. The third-order valence-electron chi connectivity index (χ3n) is 5.71. The molecular weight excluding hydrogens is 432 g/mol. The van der Waals surface area contributed by atoms with Gasteiger partial charge in [-0.3, -0.25) is 14.2 Å². The van der Waals surface area contributed by atoms with Crippen molar-refractivity contribution < 1.29 is 13.2 Å². The summed E-state index contributed by atoms with van der Waals surface area (Å²) in [7, 11) is -3.58. The number of H-pyrrole nitrogens is 1. The van der Waals surface area contributed by atoms with E-state index in [1.54, 1.807) is 24.3 Å². The minimum absolute atomic E-state index is 0.159. The van der Waals surface area contributed by atoms with Crippen LogP contribution in [0.4, 0.5) is 5.69 Å². The maximum atomic E-state index is 12.8. The molecule has 0 atom stereocenters. The van der Waals surface area contributed by atoms with Gasteiger partial charge in [-0.15, -0.1) is 0 Å². The largest absolute Gasteiger partial charge is 0.329 e. The van der Waals surface area contributed by atoms with E-state index in [9.17, 15) is 22.8 Å². The molecule has 1 aromatic heterocycles. The summed E-state index contributed by atoms with van der Waals surface area (Å²) in [6, 6.07) is 12.4. The van der Waals surface area contributed by atoms with Gasteiger partial charge in [-0.1, -0.05) is 19.1 Å². The monoisotopic (exact) mass is 456 g/mol.